The van der Waals surface area contributed by atoms with Crippen molar-refractivity contribution in [3.63, 3.8) is 0 Å². The van der Waals surface area contributed by atoms with Crippen LogP contribution in [0.15, 0.2) is 30.5 Å². The first-order chi connectivity index (χ1) is 8.43. The van der Waals surface area contributed by atoms with Gasteiger partial charge in [0.1, 0.15) is 0 Å². The molecule has 3 aromatic rings. The lowest BCUT2D eigenvalue weighted by Crippen LogP contribution is -2.08. The van der Waals surface area contributed by atoms with Crippen LogP contribution < -0.4 is 0 Å². The van der Waals surface area contributed by atoms with E-state index in [-0.39, 0.29) is 0 Å². The van der Waals surface area contributed by atoms with Crippen molar-refractivity contribution in [2.24, 2.45) is 0 Å². The monoisotopic (exact) mass is 223 g/mol. The smallest absolute Gasteiger partial charge is 0.155 e. The van der Waals surface area contributed by atoms with E-state index in [0.717, 1.165) is 24.1 Å². The molecular formula is C12H9N5. The summed E-state index contributed by atoms with van der Waals surface area (Å²) in [6.45, 7) is 0. The zero-order valence-corrected chi connectivity index (χ0v) is 9.04. The molecule has 0 saturated heterocycles. The number of tetrazole rings is 1. The van der Waals surface area contributed by atoms with Crippen molar-refractivity contribution in [3.05, 3.63) is 41.6 Å². The van der Waals surface area contributed by atoms with Crippen molar-refractivity contribution in [3.8, 4) is 11.1 Å². The third-order valence-corrected chi connectivity index (χ3v) is 3.30. The summed E-state index contributed by atoms with van der Waals surface area (Å²) in [6, 6.07) is 8.44. The molecule has 17 heavy (non-hydrogen) atoms. The highest BCUT2D eigenvalue weighted by Gasteiger charge is 2.19. The maximum absolute atomic E-state index is 4.23. The summed E-state index contributed by atoms with van der Waals surface area (Å²) >= 11 is 0. The summed E-state index contributed by atoms with van der Waals surface area (Å²) in [5.41, 5.74) is 5.76. The SMILES string of the molecule is c1ccc2c(c1)CCc1c-2cnn2nnnc12. The Morgan fingerprint density at radius 2 is 2.00 bits per heavy atom. The summed E-state index contributed by atoms with van der Waals surface area (Å²) in [6.07, 6.45) is 3.87. The van der Waals surface area contributed by atoms with E-state index in [9.17, 15) is 0 Å². The Labute approximate surface area is 97.1 Å². The normalized spacial score (nSPS) is 13.4. The van der Waals surface area contributed by atoms with Gasteiger partial charge in [-0.2, -0.15) is 5.10 Å². The van der Waals surface area contributed by atoms with Gasteiger partial charge in [0, 0.05) is 11.1 Å². The van der Waals surface area contributed by atoms with Crippen molar-refractivity contribution in [2.45, 2.75) is 12.8 Å². The summed E-state index contributed by atoms with van der Waals surface area (Å²) in [4.78, 5) is 0. The van der Waals surface area contributed by atoms with E-state index >= 15 is 0 Å². The Bertz CT molecular complexity index is 716. The molecule has 1 aliphatic rings. The Morgan fingerprint density at radius 3 is 3.00 bits per heavy atom. The molecule has 0 amide bonds. The quantitative estimate of drug-likeness (QED) is 0.576. The Hall–Kier alpha value is -2.30. The molecule has 1 aromatic carbocycles. The van der Waals surface area contributed by atoms with Crippen LogP contribution in [-0.2, 0) is 12.8 Å². The molecule has 0 fully saturated rings. The third kappa shape index (κ3) is 1.13. The number of nitrogens with zero attached hydrogens (tertiary/aromatic N) is 5. The Morgan fingerprint density at radius 1 is 1.06 bits per heavy atom. The summed E-state index contributed by atoms with van der Waals surface area (Å²) in [7, 11) is 0. The van der Waals surface area contributed by atoms with E-state index in [1.165, 1.54) is 21.3 Å². The fraction of sp³-hybridized carbons (Fsp3) is 0.167. The van der Waals surface area contributed by atoms with E-state index < -0.39 is 0 Å². The number of aryl methyl sites for hydroxylation is 2. The Kier molecular flexibility index (Phi) is 1.61. The van der Waals surface area contributed by atoms with Gasteiger partial charge in [-0.25, -0.2) is 0 Å². The topological polar surface area (TPSA) is 56.0 Å². The lowest BCUT2D eigenvalue weighted by molar-refractivity contribution is 0.728. The summed E-state index contributed by atoms with van der Waals surface area (Å²) in [5, 5.41) is 15.8. The average molecular weight is 223 g/mol. The number of hydrogen-bond acceptors (Lipinski definition) is 4. The molecule has 2 heterocycles. The zero-order valence-electron chi connectivity index (χ0n) is 9.04. The maximum Gasteiger partial charge on any atom is 0.203 e. The van der Waals surface area contributed by atoms with Gasteiger partial charge in [-0.1, -0.05) is 24.3 Å². The molecule has 0 bridgehead atoms. The first kappa shape index (κ1) is 8.81. The molecule has 82 valence electrons. The maximum atomic E-state index is 4.23. The number of fused-ring (bicyclic) bond motifs is 5. The molecule has 5 nitrogen and oxygen atoms in total. The molecule has 0 unspecified atom stereocenters. The minimum absolute atomic E-state index is 0.775. The predicted octanol–water partition coefficient (Wildman–Crippen LogP) is 1.28. The van der Waals surface area contributed by atoms with Crippen molar-refractivity contribution >= 4 is 5.65 Å². The number of benzene rings is 1. The second-order valence-corrected chi connectivity index (χ2v) is 4.19. The first-order valence-corrected chi connectivity index (χ1v) is 5.58. The highest BCUT2D eigenvalue weighted by atomic mass is 15.6. The van der Waals surface area contributed by atoms with Gasteiger partial charge in [0.2, 0.25) is 5.65 Å². The van der Waals surface area contributed by atoms with E-state index in [1.807, 2.05) is 6.20 Å². The fourth-order valence-corrected chi connectivity index (χ4v) is 2.49. The second kappa shape index (κ2) is 3.10. The van der Waals surface area contributed by atoms with Crippen molar-refractivity contribution < 1.29 is 0 Å². The molecule has 0 N–H and O–H groups in total. The lowest BCUT2D eigenvalue weighted by Gasteiger charge is -2.18. The van der Waals surface area contributed by atoms with E-state index in [4.69, 9.17) is 0 Å². The van der Waals surface area contributed by atoms with Crippen LogP contribution in [0.2, 0.25) is 0 Å². The van der Waals surface area contributed by atoms with Crippen LogP contribution in [0, 0.1) is 0 Å². The first-order valence-electron chi connectivity index (χ1n) is 5.58. The van der Waals surface area contributed by atoms with Crippen LogP contribution in [0.4, 0.5) is 0 Å². The molecule has 4 rings (SSSR count). The van der Waals surface area contributed by atoms with Crippen LogP contribution in [0.3, 0.4) is 0 Å². The molecular weight excluding hydrogens is 214 g/mol. The highest BCUT2D eigenvalue weighted by molar-refractivity contribution is 5.76. The average Bonchev–Trinajstić information content (AvgIpc) is 2.86. The predicted molar refractivity (Wildman–Crippen MR) is 61.4 cm³/mol. The number of aromatic nitrogens is 5. The number of hydrogen-bond donors (Lipinski definition) is 0. The van der Waals surface area contributed by atoms with Gasteiger partial charge in [-0.05, 0) is 34.4 Å². The minimum atomic E-state index is 0.775. The van der Waals surface area contributed by atoms with Gasteiger partial charge in [0.25, 0.3) is 0 Å². The van der Waals surface area contributed by atoms with Gasteiger partial charge in [-0.15, -0.1) is 9.73 Å². The molecule has 0 saturated carbocycles. The molecule has 0 radical (unpaired) electrons. The van der Waals surface area contributed by atoms with E-state index in [1.54, 1.807) is 0 Å². The molecule has 5 heteroatoms. The van der Waals surface area contributed by atoms with Crippen LogP contribution in [0.1, 0.15) is 11.1 Å². The van der Waals surface area contributed by atoms with Gasteiger partial charge < -0.3 is 0 Å². The van der Waals surface area contributed by atoms with E-state index in [2.05, 4.69) is 44.9 Å². The highest BCUT2D eigenvalue weighted by Crippen LogP contribution is 2.33. The molecule has 1 aliphatic carbocycles. The fourth-order valence-electron chi connectivity index (χ4n) is 2.49. The Balaban J connectivity index is 2.10. The van der Waals surface area contributed by atoms with Gasteiger partial charge >= 0.3 is 0 Å². The third-order valence-electron chi connectivity index (χ3n) is 3.30. The van der Waals surface area contributed by atoms with E-state index in [0.29, 0.717) is 0 Å². The summed E-state index contributed by atoms with van der Waals surface area (Å²) in [5.74, 6) is 0. The molecule has 0 spiro atoms. The van der Waals surface area contributed by atoms with Crippen molar-refractivity contribution in [1.29, 1.82) is 0 Å². The zero-order chi connectivity index (χ0) is 11.2. The van der Waals surface area contributed by atoms with Crippen LogP contribution >= 0.6 is 0 Å². The van der Waals surface area contributed by atoms with Crippen LogP contribution in [0.5, 0.6) is 0 Å². The number of rotatable bonds is 0. The van der Waals surface area contributed by atoms with Crippen molar-refractivity contribution in [2.75, 3.05) is 0 Å². The van der Waals surface area contributed by atoms with Crippen LogP contribution in [0.25, 0.3) is 16.8 Å². The molecule has 0 aliphatic heterocycles. The summed E-state index contributed by atoms with van der Waals surface area (Å²) < 4.78 is 1.49. The van der Waals surface area contributed by atoms with Crippen molar-refractivity contribution in [1.82, 2.24) is 25.3 Å². The van der Waals surface area contributed by atoms with Crippen LogP contribution in [-0.4, -0.2) is 25.3 Å². The molecule has 0 atom stereocenters. The largest absolute Gasteiger partial charge is 0.203 e. The minimum Gasteiger partial charge on any atom is -0.155 e. The van der Waals surface area contributed by atoms with Gasteiger partial charge in [0.05, 0.1) is 6.20 Å². The standard InChI is InChI=1S/C12H9N5/c1-2-4-9-8(3-1)5-6-10-11(9)7-13-17-12(10)14-15-16-17/h1-4,7H,5-6H2. The second-order valence-electron chi connectivity index (χ2n) is 4.19. The lowest BCUT2D eigenvalue weighted by atomic mass is 9.87. The van der Waals surface area contributed by atoms with Gasteiger partial charge in [0.15, 0.2) is 0 Å². The molecule has 2 aromatic heterocycles. The van der Waals surface area contributed by atoms with Gasteiger partial charge in [-0.3, -0.25) is 0 Å².